The number of benzene rings is 1. The molecule has 4 nitrogen and oxygen atoms in total. The molecule has 0 aliphatic carbocycles. The lowest BCUT2D eigenvalue weighted by Gasteiger charge is -2.28. The maximum Gasteiger partial charge on any atom is 0.355 e. The molecule has 0 fully saturated rings. The van der Waals surface area contributed by atoms with E-state index in [0.29, 0.717) is 24.1 Å². The van der Waals surface area contributed by atoms with Crippen molar-refractivity contribution in [1.82, 2.24) is 0 Å². The summed E-state index contributed by atoms with van der Waals surface area (Å²) in [4.78, 5) is 23.3. The summed E-state index contributed by atoms with van der Waals surface area (Å²) < 4.78 is 10.1. The summed E-state index contributed by atoms with van der Waals surface area (Å²) in [5.41, 5.74) is 1.60. The monoisotopic (exact) mass is 594 g/mol. The van der Waals surface area contributed by atoms with E-state index in [1.165, 1.54) is 43.4 Å². The summed E-state index contributed by atoms with van der Waals surface area (Å²) >= 11 is 8.14. The lowest BCUT2D eigenvalue weighted by molar-refractivity contribution is -0.128. The SMILES string of the molecule is CC(C)CC(C)C(C)(C)C.CCCCCc1c(Cl)c(=O)oc2ccc(SCCCCCCCCCOC=O)cc12. The molecular weight excluding hydrogens is 540 g/mol. The summed E-state index contributed by atoms with van der Waals surface area (Å²) in [7, 11) is 0. The minimum absolute atomic E-state index is 0.235. The van der Waals surface area contributed by atoms with Gasteiger partial charge in [-0.05, 0) is 78.9 Å². The maximum atomic E-state index is 12.0. The van der Waals surface area contributed by atoms with Crippen molar-refractivity contribution in [3.05, 3.63) is 39.2 Å². The molecular formula is C34H55ClO4S. The Morgan fingerprint density at radius 3 is 2.20 bits per heavy atom. The average molecular weight is 595 g/mol. The van der Waals surface area contributed by atoms with Gasteiger partial charge in [0.25, 0.3) is 6.47 Å². The highest BCUT2D eigenvalue weighted by Gasteiger charge is 2.20. The summed E-state index contributed by atoms with van der Waals surface area (Å²) in [5, 5.41) is 1.21. The molecule has 1 atom stereocenters. The molecule has 0 bridgehead atoms. The number of carbonyl (C=O) groups excluding carboxylic acids is 1. The Hall–Kier alpha value is -1.46. The van der Waals surface area contributed by atoms with Crippen molar-refractivity contribution in [3.63, 3.8) is 0 Å². The van der Waals surface area contributed by atoms with Crippen LogP contribution in [-0.2, 0) is 16.0 Å². The molecule has 0 spiro atoms. The van der Waals surface area contributed by atoms with Gasteiger partial charge < -0.3 is 9.15 Å². The number of aryl methyl sites for hydroxylation is 1. The van der Waals surface area contributed by atoms with Crippen molar-refractivity contribution in [2.24, 2.45) is 17.3 Å². The molecule has 0 saturated heterocycles. The molecule has 1 unspecified atom stereocenters. The third-order valence-electron chi connectivity index (χ3n) is 7.50. The Balaban J connectivity index is 0.000000680. The van der Waals surface area contributed by atoms with Crippen LogP contribution in [-0.4, -0.2) is 18.8 Å². The fourth-order valence-electron chi connectivity index (χ4n) is 4.58. The molecule has 1 heterocycles. The quantitative estimate of drug-likeness (QED) is 0.0743. The van der Waals surface area contributed by atoms with Crippen molar-refractivity contribution < 1.29 is 13.9 Å². The number of fused-ring (bicyclic) bond motifs is 1. The van der Waals surface area contributed by atoms with Crippen LogP contribution in [0.5, 0.6) is 0 Å². The van der Waals surface area contributed by atoms with Gasteiger partial charge in [0, 0.05) is 10.3 Å². The summed E-state index contributed by atoms with van der Waals surface area (Å²) in [6.07, 6.45) is 13.6. The molecule has 1 aromatic heterocycles. The fraction of sp³-hybridized carbons (Fsp3) is 0.706. The zero-order valence-corrected chi connectivity index (χ0v) is 27.9. The van der Waals surface area contributed by atoms with Crippen LogP contribution in [0.1, 0.15) is 125 Å². The van der Waals surface area contributed by atoms with Crippen LogP contribution in [0.4, 0.5) is 0 Å². The van der Waals surface area contributed by atoms with Gasteiger partial charge in [-0.15, -0.1) is 11.8 Å². The third kappa shape index (κ3) is 15.0. The summed E-state index contributed by atoms with van der Waals surface area (Å²) in [6.45, 7) is 17.1. The second-order valence-electron chi connectivity index (χ2n) is 12.5. The van der Waals surface area contributed by atoms with Crippen LogP contribution in [0, 0.1) is 17.3 Å². The van der Waals surface area contributed by atoms with Gasteiger partial charge in [0.2, 0.25) is 0 Å². The topological polar surface area (TPSA) is 56.5 Å². The molecule has 40 heavy (non-hydrogen) atoms. The van der Waals surface area contributed by atoms with Crippen molar-refractivity contribution in [2.45, 2.75) is 130 Å². The van der Waals surface area contributed by atoms with Gasteiger partial charge in [0.05, 0.1) is 6.61 Å². The Morgan fingerprint density at radius 2 is 1.62 bits per heavy atom. The molecule has 0 saturated carbocycles. The van der Waals surface area contributed by atoms with E-state index in [1.54, 1.807) is 0 Å². The molecule has 2 aromatic rings. The predicted octanol–water partition coefficient (Wildman–Crippen LogP) is 10.9. The molecule has 0 aliphatic rings. The molecule has 1 aromatic carbocycles. The normalized spacial score (nSPS) is 12.3. The number of ether oxygens (including phenoxy) is 1. The van der Waals surface area contributed by atoms with Crippen LogP contribution in [0.25, 0.3) is 11.0 Å². The first-order valence-corrected chi connectivity index (χ1v) is 16.8. The number of rotatable bonds is 18. The van der Waals surface area contributed by atoms with Crippen molar-refractivity contribution >= 4 is 40.8 Å². The van der Waals surface area contributed by atoms with Crippen molar-refractivity contribution in [2.75, 3.05) is 12.4 Å². The van der Waals surface area contributed by atoms with Gasteiger partial charge in [-0.3, -0.25) is 4.79 Å². The van der Waals surface area contributed by atoms with E-state index in [2.05, 4.69) is 54.5 Å². The standard InChI is InChI=1S/C24H33ClO4S.C10H22/c1-2-3-9-12-20-21-17-19(13-14-22(21)29-24(27)23(20)25)30-16-11-8-6-4-5-7-10-15-28-18-26;1-8(2)7-9(3)10(4,5)6/h13-14,17-18H,2-12,15-16H2,1H3;8-9H,7H2,1-6H3. The fourth-order valence-corrected chi connectivity index (χ4v) is 5.76. The molecule has 0 aliphatic heterocycles. The molecule has 0 N–H and O–H groups in total. The number of hydrogen-bond acceptors (Lipinski definition) is 5. The van der Waals surface area contributed by atoms with Gasteiger partial charge >= 0.3 is 5.63 Å². The lowest BCUT2D eigenvalue weighted by atomic mass is 9.78. The molecule has 0 amide bonds. The lowest BCUT2D eigenvalue weighted by Crippen LogP contribution is -2.18. The van der Waals surface area contributed by atoms with Crippen LogP contribution < -0.4 is 5.63 Å². The van der Waals surface area contributed by atoms with E-state index >= 15 is 0 Å². The number of halogens is 1. The van der Waals surface area contributed by atoms with Crippen LogP contribution in [0.3, 0.4) is 0 Å². The Bertz CT molecular complexity index is 1020. The van der Waals surface area contributed by atoms with E-state index in [1.807, 2.05) is 23.9 Å². The zero-order valence-electron chi connectivity index (χ0n) is 26.3. The first kappa shape index (κ1) is 36.6. The van der Waals surface area contributed by atoms with E-state index < -0.39 is 5.63 Å². The Labute approximate surface area is 253 Å². The maximum absolute atomic E-state index is 12.0. The number of hydrogen-bond donors (Lipinski definition) is 0. The molecule has 2 rings (SSSR count). The molecule has 228 valence electrons. The Kier molecular flexibility index (Phi) is 18.7. The highest BCUT2D eigenvalue weighted by molar-refractivity contribution is 7.99. The first-order chi connectivity index (χ1) is 19.0. The minimum atomic E-state index is -0.438. The van der Waals surface area contributed by atoms with Gasteiger partial charge in [-0.2, -0.15) is 0 Å². The number of carbonyl (C=O) groups is 1. The summed E-state index contributed by atoms with van der Waals surface area (Å²) in [6, 6.07) is 6.05. The predicted molar refractivity (Wildman–Crippen MR) is 174 cm³/mol. The number of thioether (sulfide) groups is 1. The third-order valence-corrected chi connectivity index (χ3v) is 8.96. The molecule has 6 heteroatoms. The Morgan fingerprint density at radius 1 is 0.975 bits per heavy atom. The molecule has 0 radical (unpaired) electrons. The second kappa shape index (κ2) is 20.4. The highest BCUT2D eigenvalue weighted by Crippen LogP contribution is 2.31. The van der Waals surface area contributed by atoms with Crippen LogP contribution >= 0.6 is 23.4 Å². The van der Waals surface area contributed by atoms with Gasteiger partial charge in [0.15, 0.2) is 0 Å². The van der Waals surface area contributed by atoms with Crippen LogP contribution in [0.2, 0.25) is 5.02 Å². The van der Waals surface area contributed by atoms with Gasteiger partial charge in [-0.1, -0.05) is 105 Å². The van der Waals surface area contributed by atoms with E-state index in [9.17, 15) is 9.59 Å². The minimum Gasteiger partial charge on any atom is -0.468 e. The van der Waals surface area contributed by atoms with Crippen LogP contribution in [0.15, 0.2) is 32.3 Å². The van der Waals surface area contributed by atoms with Gasteiger partial charge in [0.1, 0.15) is 10.6 Å². The second-order valence-corrected chi connectivity index (χ2v) is 14.0. The highest BCUT2D eigenvalue weighted by atomic mass is 35.5. The smallest absolute Gasteiger partial charge is 0.355 e. The van der Waals surface area contributed by atoms with Crippen molar-refractivity contribution in [1.29, 1.82) is 0 Å². The van der Waals surface area contributed by atoms with E-state index in [0.717, 1.165) is 67.1 Å². The summed E-state index contributed by atoms with van der Waals surface area (Å²) in [5.74, 6) is 2.76. The first-order valence-electron chi connectivity index (χ1n) is 15.4. The zero-order chi connectivity index (χ0) is 30.0. The van der Waals surface area contributed by atoms with Crippen molar-refractivity contribution in [3.8, 4) is 0 Å². The average Bonchev–Trinajstić information content (AvgIpc) is 2.89. The van der Waals surface area contributed by atoms with E-state index in [-0.39, 0.29) is 5.02 Å². The van der Waals surface area contributed by atoms with Gasteiger partial charge in [-0.25, -0.2) is 4.79 Å². The largest absolute Gasteiger partial charge is 0.468 e. The number of unbranched alkanes of at least 4 members (excludes halogenated alkanes) is 8. The van der Waals surface area contributed by atoms with E-state index in [4.69, 9.17) is 20.8 Å².